The van der Waals surface area contributed by atoms with Gasteiger partial charge in [0.05, 0.1) is 24.8 Å². The number of urea groups is 1. The first kappa shape index (κ1) is 29.8. The van der Waals surface area contributed by atoms with Gasteiger partial charge >= 0.3 is 12.2 Å². The fourth-order valence-electron chi connectivity index (χ4n) is 3.99. The molecule has 2 N–H and O–H groups in total. The lowest BCUT2D eigenvalue weighted by molar-refractivity contribution is -0.137. The van der Waals surface area contributed by atoms with Crippen molar-refractivity contribution in [3.63, 3.8) is 0 Å². The molecule has 11 heteroatoms. The van der Waals surface area contributed by atoms with Crippen LogP contribution in [0.5, 0.6) is 5.88 Å². The monoisotopic (exact) mass is 546 g/mol. The van der Waals surface area contributed by atoms with E-state index < -0.39 is 29.8 Å². The summed E-state index contributed by atoms with van der Waals surface area (Å²) in [6, 6.07) is 5.17. The number of aliphatic hydroxyl groups is 1. The topological polar surface area (TPSA) is 95.0 Å². The van der Waals surface area contributed by atoms with Crippen LogP contribution < -0.4 is 10.1 Å². The Morgan fingerprint density at radius 1 is 1.23 bits per heavy atom. The molecule has 1 aliphatic rings. The third-order valence-corrected chi connectivity index (χ3v) is 6.30. The number of ether oxygens (including phenoxy) is 1. The fourth-order valence-corrected chi connectivity index (χ4v) is 3.99. The van der Waals surface area contributed by atoms with Crippen molar-refractivity contribution >= 4 is 11.9 Å². The average molecular weight is 547 g/mol. The van der Waals surface area contributed by atoms with E-state index in [1.807, 2.05) is 20.8 Å². The Morgan fingerprint density at radius 3 is 2.46 bits per heavy atom. The molecule has 0 aliphatic carbocycles. The molecular formula is C28H33F3N4O4. The van der Waals surface area contributed by atoms with Gasteiger partial charge < -0.3 is 25.0 Å². The lowest BCUT2D eigenvalue weighted by atomic mass is 10.00. The zero-order valence-corrected chi connectivity index (χ0v) is 22.5. The first-order chi connectivity index (χ1) is 18.3. The number of rotatable bonds is 5. The summed E-state index contributed by atoms with van der Waals surface area (Å²) in [6.07, 6.45) is -3.53. The van der Waals surface area contributed by atoms with Crippen molar-refractivity contribution in [1.82, 2.24) is 20.1 Å². The number of nitrogens with zero attached hydrogens (tertiary/aromatic N) is 3. The predicted octanol–water partition coefficient (Wildman–Crippen LogP) is 3.77. The number of nitrogens with one attached hydrogen (secondary N) is 1. The highest BCUT2D eigenvalue weighted by Gasteiger charge is 2.35. The summed E-state index contributed by atoms with van der Waals surface area (Å²) < 4.78 is 44.6. The summed E-state index contributed by atoms with van der Waals surface area (Å²) in [6.45, 7) is 7.59. The minimum absolute atomic E-state index is 0.0429. The van der Waals surface area contributed by atoms with Crippen molar-refractivity contribution in [1.29, 1.82) is 0 Å². The van der Waals surface area contributed by atoms with E-state index in [0.717, 1.165) is 12.1 Å². The number of pyridine rings is 1. The van der Waals surface area contributed by atoms with Crippen molar-refractivity contribution in [2.45, 2.75) is 52.1 Å². The van der Waals surface area contributed by atoms with Crippen LogP contribution in [-0.2, 0) is 6.18 Å². The summed E-state index contributed by atoms with van der Waals surface area (Å²) in [5.41, 5.74) is 0.0960. The van der Waals surface area contributed by atoms with Crippen LogP contribution in [0.2, 0.25) is 0 Å². The van der Waals surface area contributed by atoms with Crippen molar-refractivity contribution in [3.05, 3.63) is 58.8 Å². The second-order valence-corrected chi connectivity index (χ2v) is 10.0. The molecule has 1 aliphatic heterocycles. The number of carbonyl (C=O) groups is 2. The number of benzene rings is 1. The molecule has 210 valence electrons. The van der Waals surface area contributed by atoms with E-state index in [-0.39, 0.29) is 49.1 Å². The smallest absolute Gasteiger partial charge is 0.416 e. The highest BCUT2D eigenvalue weighted by molar-refractivity contribution is 5.97. The Hall–Kier alpha value is -3.78. The van der Waals surface area contributed by atoms with Crippen LogP contribution in [-0.4, -0.2) is 76.8 Å². The van der Waals surface area contributed by atoms with Gasteiger partial charge in [0, 0.05) is 42.9 Å². The number of carbonyl (C=O) groups excluding carboxylic acids is 2. The van der Waals surface area contributed by atoms with Gasteiger partial charge in [-0.15, -0.1) is 0 Å². The Kier molecular flexibility index (Phi) is 9.45. The molecule has 3 atom stereocenters. The van der Waals surface area contributed by atoms with Crippen LogP contribution in [0.4, 0.5) is 18.0 Å². The summed E-state index contributed by atoms with van der Waals surface area (Å²) in [4.78, 5) is 33.4. The van der Waals surface area contributed by atoms with Gasteiger partial charge in [-0.3, -0.25) is 4.79 Å². The van der Waals surface area contributed by atoms with Crippen molar-refractivity contribution < 1.29 is 32.6 Å². The summed E-state index contributed by atoms with van der Waals surface area (Å²) in [7, 11) is 1.65. The van der Waals surface area contributed by atoms with E-state index >= 15 is 0 Å². The zero-order valence-electron chi connectivity index (χ0n) is 22.5. The van der Waals surface area contributed by atoms with Gasteiger partial charge in [-0.25, -0.2) is 9.78 Å². The Labute approximate surface area is 226 Å². The van der Waals surface area contributed by atoms with Crippen LogP contribution in [0.1, 0.15) is 54.7 Å². The standard InChI is InChI=1S/C28H33F3N4O4/c1-17(2)33-27(38)34(5)15-24-18(3)14-35(19(4)16-36)26(37)23-12-21(13-32-25(23)39-24)7-6-20-8-10-22(11-9-20)28(29,30)31/h8-13,17-19,24,36H,14-16H2,1-5H3,(H,33,38)/t18-,19+,24-/m0/s1. The normalized spacial score (nSPS) is 18.2. The van der Waals surface area contributed by atoms with Crippen LogP contribution in [0.15, 0.2) is 36.5 Å². The van der Waals surface area contributed by atoms with Gasteiger partial charge in [0.1, 0.15) is 11.7 Å². The second kappa shape index (κ2) is 12.4. The lowest BCUT2D eigenvalue weighted by Gasteiger charge is -2.37. The molecule has 0 saturated heterocycles. The van der Waals surface area contributed by atoms with E-state index in [1.165, 1.54) is 29.3 Å². The molecule has 0 radical (unpaired) electrons. The van der Waals surface area contributed by atoms with E-state index in [1.54, 1.807) is 18.9 Å². The molecule has 3 amide bonds. The van der Waals surface area contributed by atoms with Gasteiger partial charge in [-0.05, 0) is 51.1 Å². The second-order valence-electron chi connectivity index (χ2n) is 10.0. The third kappa shape index (κ3) is 7.63. The Balaban J connectivity index is 1.93. The molecule has 2 heterocycles. The Morgan fingerprint density at radius 2 is 1.87 bits per heavy atom. The van der Waals surface area contributed by atoms with Crippen LogP contribution in [0.3, 0.4) is 0 Å². The van der Waals surface area contributed by atoms with Gasteiger partial charge in [0.25, 0.3) is 5.91 Å². The molecule has 0 bridgehead atoms. The summed E-state index contributed by atoms with van der Waals surface area (Å²) >= 11 is 0. The number of hydrogen-bond donors (Lipinski definition) is 2. The average Bonchev–Trinajstić information content (AvgIpc) is 2.88. The summed E-state index contributed by atoms with van der Waals surface area (Å²) in [5, 5.41) is 12.6. The highest BCUT2D eigenvalue weighted by Crippen LogP contribution is 2.29. The number of aromatic nitrogens is 1. The largest absolute Gasteiger partial charge is 0.472 e. The SMILES string of the molecule is CC(C)NC(=O)N(C)C[C@@H]1Oc2ncc(C#Cc3ccc(C(F)(F)F)cc3)cc2C(=O)N([C@H](C)CO)C[C@@H]1C. The molecule has 1 aromatic carbocycles. The lowest BCUT2D eigenvalue weighted by Crippen LogP contribution is -2.51. The van der Waals surface area contributed by atoms with Crippen LogP contribution >= 0.6 is 0 Å². The molecular weight excluding hydrogens is 513 g/mol. The minimum Gasteiger partial charge on any atom is -0.472 e. The van der Waals surface area contributed by atoms with E-state index in [9.17, 15) is 27.9 Å². The zero-order chi connectivity index (χ0) is 28.9. The van der Waals surface area contributed by atoms with Crippen molar-refractivity contribution in [3.8, 4) is 17.7 Å². The molecule has 3 rings (SSSR count). The number of hydrogen-bond acceptors (Lipinski definition) is 5. The number of likely N-dealkylation sites (N-methyl/N-ethyl adjacent to an activating group) is 1. The number of fused-ring (bicyclic) bond motifs is 1. The first-order valence-corrected chi connectivity index (χ1v) is 12.6. The molecule has 0 spiro atoms. The first-order valence-electron chi connectivity index (χ1n) is 12.6. The molecule has 8 nitrogen and oxygen atoms in total. The molecule has 39 heavy (non-hydrogen) atoms. The maximum atomic E-state index is 13.5. The van der Waals surface area contributed by atoms with Gasteiger partial charge in [-0.2, -0.15) is 13.2 Å². The number of aliphatic hydroxyl groups excluding tert-OH is 1. The van der Waals surface area contributed by atoms with Gasteiger partial charge in [0.15, 0.2) is 0 Å². The highest BCUT2D eigenvalue weighted by atomic mass is 19.4. The quantitative estimate of drug-likeness (QED) is 0.557. The van der Waals surface area contributed by atoms with Crippen molar-refractivity contribution in [2.24, 2.45) is 5.92 Å². The van der Waals surface area contributed by atoms with Gasteiger partial charge in [0.2, 0.25) is 5.88 Å². The van der Waals surface area contributed by atoms with E-state index in [2.05, 4.69) is 22.1 Å². The number of halogens is 3. The number of alkyl halides is 3. The summed E-state index contributed by atoms with van der Waals surface area (Å²) in [5.74, 6) is 5.10. The molecule has 0 saturated carbocycles. The minimum atomic E-state index is -4.44. The maximum Gasteiger partial charge on any atom is 0.416 e. The van der Waals surface area contributed by atoms with Crippen LogP contribution in [0, 0.1) is 17.8 Å². The number of amides is 3. The van der Waals surface area contributed by atoms with Crippen LogP contribution in [0.25, 0.3) is 0 Å². The molecule has 0 fully saturated rings. The molecule has 0 unspecified atom stereocenters. The fraction of sp³-hybridized carbons (Fsp3) is 0.464. The van der Waals surface area contributed by atoms with E-state index in [0.29, 0.717) is 11.1 Å². The maximum absolute atomic E-state index is 13.5. The Bertz CT molecular complexity index is 1240. The predicted molar refractivity (Wildman–Crippen MR) is 139 cm³/mol. The van der Waals surface area contributed by atoms with Crippen molar-refractivity contribution in [2.75, 3.05) is 26.7 Å². The van der Waals surface area contributed by atoms with Gasteiger partial charge in [-0.1, -0.05) is 18.8 Å². The van der Waals surface area contributed by atoms with E-state index in [4.69, 9.17) is 4.74 Å². The molecule has 1 aromatic heterocycles. The third-order valence-electron chi connectivity index (χ3n) is 6.30. The molecule has 2 aromatic rings.